The maximum Gasteiger partial charge on any atom is 0.261 e. The van der Waals surface area contributed by atoms with Gasteiger partial charge in [0.05, 0.1) is 26.9 Å². The third kappa shape index (κ3) is 4.43. The highest BCUT2D eigenvalue weighted by Gasteiger charge is 2.15. The van der Waals surface area contributed by atoms with Gasteiger partial charge in [0, 0.05) is 29.7 Å². The number of sulfonamides is 1. The van der Waals surface area contributed by atoms with Gasteiger partial charge >= 0.3 is 0 Å². The normalized spacial score (nSPS) is 11.4. The van der Waals surface area contributed by atoms with Gasteiger partial charge in [0.2, 0.25) is 0 Å². The zero-order valence-corrected chi connectivity index (χ0v) is 19.5. The summed E-state index contributed by atoms with van der Waals surface area (Å²) < 4.78 is 30.3. The molecular formula is C23H17BrN6O2S. The molecule has 2 aromatic carbocycles. The van der Waals surface area contributed by atoms with Crippen LogP contribution in [0.5, 0.6) is 0 Å². The second kappa shape index (κ2) is 8.64. The Kier molecular flexibility index (Phi) is 5.53. The van der Waals surface area contributed by atoms with Crippen molar-refractivity contribution in [3.8, 4) is 11.3 Å². The van der Waals surface area contributed by atoms with E-state index >= 15 is 0 Å². The van der Waals surface area contributed by atoms with Gasteiger partial charge in [-0.1, -0.05) is 30.3 Å². The van der Waals surface area contributed by atoms with Crippen LogP contribution in [0.4, 0.5) is 17.2 Å². The number of nitrogens with one attached hydrogen (secondary N) is 2. The standard InChI is InChI=1S/C23H17BrN6O2S/c24-20-15-26-30-22(14-21(28-23(20)30)16-4-2-1-3-5-16)27-17-6-8-19(9-7-17)33(31,32)29-18-10-12-25-13-11-18/h1-15,27H,(H,25,29). The molecule has 5 rings (SSSR count). The zero-order chi connectivity index (χ0) is 22.8. The molecule has 0 radical (unpaired) electrons. The Morgan fingerprint density at radius 3 is 2.33 bits per heavy atom. The lowest BCUT2D eigenvalue weighted by Gasteiger charge is -2.12. The fourth-order valence-electron chi connectivity index (χ4n) is 3.28. The minimum atomic E-state index is -3.72. The molecule has 0 bridgehead atoms. The number of rotatable bonds is 6. The Bertz CT molecular complexity index is 1520. The topological polar surface area (TPSA) is 101 Å². The highest BCUT2D eigenvalue weighted by molar-refractivity contribution is 9.10. The smallest absolute Gasteiger partial charge is 0.261 e. The van der Waals surface area contributed by atoms with Gasteiger partial charge in [0.15, 0.2) is 5.65 Å². The second-order valence-electron chi connectivity index (χ2n) is 7.11. The SMILES string of the molecule is O=S(=O)(Nc1ccncc1)c1ccc(Nc2cc(-c3ccccc3)nc3c(Br)cnn23)cc1. The fourth-order valence-corrected chi connectivity index (χ4v) is 4.69. The molecule has 33 heavy (non-hydrogen) atoms. The summed E-state index contributed by atoms with van der Waals surface area (Å²) in [5.41, 5.74) is 3.58. The summed E-state index contributed by atoms with van der Waals surface area (Å²) in [5, 5.41) is 7.70. The van der Waals surface area contributed by atoms with Gasteiger partial charge in [-0.3, -0.25) is 9.71 Å². The van der Waals surface area contributed by atoms with Crippen LogP contribution in [-0.2, 0) is 10.0 Å². The lowest BCUT2D eigenvalue weighted by Crippen LogP contribution is -2.12. The van der Waals surface area contributed by atoms with Crippen LogP contribution in [-0.4, -0.2) is 28.0 Å². The summed E-state index contributed by atoms with van der Waals surface area (Å²) >= 11 is 3.50. The molecule has 3 heterocycles. The third-order valence-electron chi connectivity index (χ3n) is 4.87. The summed E-state index contributed by atoms with van der Waals surface area (Å²) in [4.78, 5) is 8.76. The number of fused-ring (bicyclic) bond motifs is 1. The predicted molar refractivity (Wildman–Crippen MR) is 131 cm³/mol. The van der Waals surface area contributed by atoms with Crippen molar-refractivity contribution in [2.75, 3.05) is 10.0 Å². The van der Waals surface area contributed by atoms with Gasteiger partial charge in [0.25, 0.3) is 10.0 Å². The molecule has 0 amide bonds. The number of halogens is 1. The fraction of sp³-hybridized carbons (Fsp3) is 0. The van der Waals surface area contributed by atoms with E-state index in [2.05, 4.69) is 36.1 Å². The molecule has 8 nitrogen and oxygen atoms in total. The molecule has 0 aliphatic rings. The van der Waals surface area contributed by atoms with Gasteiger partial charge in [-0.05, 0) is 52.3 Å². The van der Waals surface area contributed by atoms with E-state index in [1.807, 2.05) is 36.4 Å². The molecule has 3 aromatic heterocycles. The molecule has 0 saturated carbocycles. The van der Waals surface area contributed by atoms with Gasteiger partial charge in [-0.25, -0.2) is 13.4 Å². The molecule has 10 heteroatoms. The van der Waals surface area contributed by atoms with E-state index in [9.17, 15) is 8.42 Å². The Morgan fingerprint density at radius 2 is 1.61 bits per heavy atom. The number of pyridine rings is 1. The first kappa shape index (κ1) is 21.1. The zero-order valence-electron chi connectivity index (χ0n) is 17.1. The Labute approximate surface area is 198 Å². The molecule has 0 unspecified atom stereocenters. The van der Waals surface area contributed by atoms with Crippen molar-refractivity contribution in [1.82, 2.24) is 19.6 Å². The van der Waals surface area contributed by atoms with E-state index < -0.39 is 10.0 Å². The minimum absolute atomic E-state index is 0.150. The van der Waals surface area contributed by atoms with Crippen molar-refractivity contribution in [3.05, 3.63) is 95.9 Å². The minimum Gasteiger partial charge on any atom is -0.340 e. The second-order valence-corrected chi connectivity index (χ2v) is 9.65. The summed E-state index contributed by atoms with van der Waals surface area (Å²) in [6.45, 7) is 0. The molecule has 164 valence electrons. The van der Waals surface area contributed by atoms with Crippen LogP contribution >= 0.6 is 15.9 Å². The van der Waals surface area contributed by atoms with Crippen LogP contribution in [0.1, 0.15) is 0 Å². The van der Waals surface area contributed by atoms with Gasteiger partial charge in [-0.2, -0.15) is 9.61 Å². The molecule has 0 fully saturated rings. The van der Waals surface area contributed by atoms with Crippen LogP contribution < -0.4 is 10.0 Å². The van der Waals surface area contributed by atoms with Crippen LogP contribution in [0.25, 0.3) is 16.9 Å². The molecule has 2 N–H and O–H groups in total. The van der Waals surface area contributed by atoms with Crippen molar-refractivity contribution >= 4 is 48.8 Å². The Hall–Kier alpha value is -3.76. The van der Waals surface area contributed by atoms with Crippen molar-refractivity contribution in [3.63, 3.8) is 0 Å². The molecule has 0 aliphatic carbocycles. The Morgan fingerprint density at radius 1 is 0.879 bits per heavy atom. The first-order valence-electron chi connectivity index (χ1n) is 9.89. The maximum absolute atomic E-state index is 12.7. The summed E-state index contributed by atoms with van der Waals surface area (Å²) in [5.74, 6) is 0.690. The van der Waals surface area contributed by atoms with Crippen LogP contribution in [0.15, 0.2) is 101 Å². The number of hydrogen-bond donors (Lipinski definition) is 2. The number of anilines is 3. The monoisotopic (exact) mass is 520 g/mol. The largest absolute Gasteiger partial charge is 0.340 e. The van der Waals surface area contributed by atoms with Crippen LogP contribution in [0, 0.1) is 0 Å². The molecule has 0 aliphatic heterocycles. The van der Waals surface area contributed by atoms with E-state index in [-0.39, 0.29) is 4.90 Å². The van der Waals surface area contributed by atoms with Crippen molar-refractivity contribution in [1.29, 1.82) is 0 Å². The summed E-state index contributed by atoms with van der Waals surface area (Å²) in [6, 6.07) is 21.4. The molecular weight excluding hydrogens is 504 g/mol. The molecule has 0 spiro atoms. The van der Waals surface area contributed by atoms with E-state index in [0.29, 0.717) is 22.8 Å². The van der Waals surface area contributed by atoms with Crippen molar-refractivity contribution in [2.45, 2.75) is 4.90 Å². The third-order valence-corrected chi connectivity index (χ3v) is 6.82. The Balaban J connectivity index is 1.45. The van der Waals surface area contributed by atoms with Gasteiger partial charge < -0.3 is 5.32 Å². The first-order chi connectivity index (χ1) is 16.0. The van der Waals surface area contributed by atoms with E-state index in [1.54, 1.807) is 47.1 Å². The van der Waals surface area contributed by atoms with E-state index in [0.717, 1.165) is 15.7 Å². The highest BCUT2D eigenvalue weighted by Crippen LogP contribution is 2.28. The van der Waals surface area contributed by atoms with Crippen molar-refractivity contribution in [2.24, 2.45) is 0 Å². The number of hydrogen-bond acceptors (Lipinski definition) is 6. The first-order valence-corrected chi connectivity index (χ1v) is 12.2. The van der Waals surface area contributed by atoms with Crippen molar-refractivity contribution < 1.29 is 8.42 Å². The van der Waals surface area contributed by atoms with Crippen LogP contribution in [0.3, 0.4) is 0 Å². The molecule has 0 saturated heterocycles. The van der Waals surface area contributed by atoms with Gasteiger partial charge in [0.1, 0.15) is 5.82 Å². The number of aromatic nitrogens is 4. The molecule has 5 aromatic rings. The van der Waals surface area contributed by atoms with E-state index in [1.165, 1.54) is 12.4 Å². The summed E-state index contributed by atoms with van der Waals surface area (Å²) in [7, 11) is -3.72. The lowest BCUT2D eigenvalue weighted by molar-refractivity contribution is 0.601. The van der Waals surface area contributed by atoms with Gasteiger partial charge in [-0.15, -0.1) is 0 Å². The average Bonchev–Trinajstić information content (AvgIpc) is 3.21. The maximum atomic E-state index is 12.7. The highest BCUT2D eigenvalue weighted by atomic mass is 79.9. The number of benzene rings is 2. The molecule has 0 atom stereocenters. The van der Waals surface area contributed by atoms with Crippen LogP contribution in [0.2, 0.25) is 0 Å². The van der Waals surface area contributed by atoms with E-state index in [4.69, 9.17) is 4.98 Å². The number of nitrogens with zero attached hydrogens (tertiary/aromatic N) is 4. The lowest BCUT2D eigenvalue weighted by atomic mass is 10.1. The summed E-state index contributed by atoms with van der Waals surface area (Å²) in [6.07, 6.45) is 4.73. The average molecular weight is 521 g/mol. The quantitative estimate of drug-likeness (QED) is 0.323. The predicted octanol–water partition coefficient (Wildman–Crippen LogP) is 5.10.